The molecule has 1 rings (SSSR count). The molecular formula is C15H27NO3. The van der Waals surface area contributed by atoms with Gasteiger partial charge in [0.25, 0.3) is 0 Å². The molecule has 4 nitrogen and oxygen atoms in total. The smallest absolute Gasteiger partial charge is 0.117 e. The number of rotatable bonds is 8. The Labute approximate surface area is 116 Å². The number of aliphatic hydroxyl groups excluding tert-OH is 1. The molecule has 0 amide bonds. The Kier molecular flexibility index (Phi) is 6.55. The van der Waals surface area contributed by atoms with Crippen LogP contribution in [0.2, 0.25) is 0 Å². The lowest BCUT2D eigenvalue weighted by molar-refractivity contribution is -0.0569. The molecule has 0 aromatic carbocycles. The van der Waals surface area contributed by atoms with Crippen LogP contribution in [0.15, 0.2) is 22.8 Å². The summed E-state index contributed by atoms with van der Waals surface area (Å²) in [5.74, 6) is 0.928. The van der Waals surface area contributed by atoms with Gasteiger partial charge in [-0.2, -0.15) is 0 Å². The standard InChI is InChI=1S/C15H27NO3/c1-5-8-16(11-14-7-6-9-18-14)10-13(17)12-19-15(2,3)4/h6-7,9,13,17H,5,8,10-12H2,1-4H3/t13-/m0/s1. The van der Waals surface area contributed by atoms with Gasteiger partial charge in [0.1, 0.15) is 5.76 Å². The van der Waals surface area contributed by atoms with Gasteiger partial charge in [0.2, 0.25) is 0 Å². The van der Waals surface area contributed by atoms with Gasteiger partial charge in [0.05, 0.1) is 31.1 Å². The van der Waals surface area contributed by atoms with Crippen LogP contribution in [0, 0.1) is 0 Å². The molecule has 1 atom stereocenters. The van der Waals surface area contributed by atoms with Crippen molar-refractivity contribution >= 4 is 0 Å². The van der Waals surface area contributed by atoms with Crippen LogP contribution >= 0.6 is 0 Å². The Morgan fingerprint density at radius 1 is 1.42 bits per heavy atom. The lowest BCUT2D eigenvalue weighted by Gasteiger charge is -2.26. The van der Waals surface area contributed by atoms with Gasteiger partial charge in [-0.25, -0.2) is 0 Å². The van der Waals surface area contributed by atoms with Crippen LogP contribution in [0.1, 0.15) is 39.9 Å². The summed E-state index contributed by atoms with van der Waals surface area (Å²) >= 11 is 0. The van der Waals surface area contributed by atoms with E-state index in [1.54, 1.807) is 6.26 Å². The molecule has 0 saturated carbocycles. The van der Waals surface area contributed by atoms with Crippen molar-refractivity contribution in [1.29, 1.82) is 0 Å². The van der Waals surface area contributed by atoms with Crippen molar-refractivity contribution < 1.29 is 14.3 Å². The number of nitrogens with zero attached hydrogens (tertiary/aromatic N) is 1. The molecule has 0 fully saturated rings. The van der Waals surface area contributed by atoms with E-state index in [4.69, 9.17) is 9.15 Å². The Morgan fingerprint density at radius 3 is 2.68 bits per heavy atom. The fraction of sp³-hybridized carbons (Fsp3) is 0.733. The Balaban J connectivity index is 2.39. The summed E-state index contributed by atoms with van der Waals surface area (Å²) in [4.78, 5) is 2.19. The minimum Gasteiger partial charge on any atom is -0.468 e. The molecular weight excluding hydrogens is 242 g/mol. The SMILES string of the molecule is CCCN(Cc1ccco1)C[C@H](O)COC(C)(C)C. The summed E-state index contributed by atoms with van der Waals surface area (Å²) in [6.07, 6.45) is 2.26. The summed E-state index contributed by atoms with van der Waals surface area (Å²) in [5.41, 5.74) is -0.211. The van der Waals surface area contributed by atoms with Gasteiger partial charge in [-0.05, 0) is 45.9 Å². The Morgan fingerprint density at radius 2 is 2.16 bits per heavy atom. The molecule has 0 aliphatic rings. The van der Waals surface area contributed by atoms with Gasteiger partial charge in [-0.1, -0.05) is 6.92 Å². The van der Waals surface area contributed by atoms with Gasteiger partial charge >= 0.3 is 0 Å². The van der Waals surface area contributed by atoms with Crippen LogP contribution < -0.4 is 0 Å². The van der Waals surface area contributed by atoms with Crippen molar-refractivity contribution in [3.8, 4) is 0 Å². The molecule has 0 unspecified atom stereocenters. The fourth-order valence-corrected chi connectivity index (χ4v) is 1.87. The molecule has 0 spiro atoms. The van der Waals surface area contributed by atoms with Crippen molar-refractivity contribution in [2.45, 2.75) is 52.4 Å². The van der Waals surface area contributed by atoms with Gasteiger partial charge in [-0.3, -0.25) is 4.90 Å². The normalized spacial score (nSPS) is 14.0. The number of hydrogen-bond acceptors (Lipinski definition) is 4. The van der Waals surface area contributed by atoms with Gasteiger partial charge in [0, 0.05) is 6.54 Å². The second kappa shape index (κ2) is 7.68. The third-order valence-electron chi connectivity index (χ3n) is 2.68. The zero-order valence-electron chi connectivity index (χ0n) is 12.6. The quantitative estimate of drug-likeness (QED) is 0.788. The van der Waals surface area contributed by atoms with Crippen LogP contribution in [0.5, 0.6) is 0 Å². The predicted molar refractivity (Wildman–Crippen MR) is 76.0 cm³/mol. The summed E-state index contributed by atoms with van der Waals surface area (Å²) in [5, 5.41) is 10.0. The summed E-state index contributed by atoms with van der Waals surface area (Å²) in [6.45, 7) is 10.7. The highest BCUT2D eigenvalue weighted by atomic mass is 16.5. The molecule has 4 heteroatoms. The van der Waals surface area contributed by atoms with E-state index in [2.05, 4.69) is 11.8 Å². The fourth-order valence-electron chi connectivity index (χ4n) is 1.87. The number of hydrogen-bond donors (Lipinski definition) is 1. The van der Waals surface area contributed by atoms with E-state index in [0.717, 1.165) is 25.3 Å². The van der Waals surface area contributed by atoms with E-state index in [0.29, 0.717) is 13.2 Å². The first kappa shape index (κ1) is 16.2. The lowest BCUT2D eigenvalue weighted by Crippen LogP contribution is -2.37. The number of aliphatic hydroxyl groups is 1. The minimum atomic E-state index is -0.472. The largest absolute Gasteiger partial charge is 0.468 e. The molecule has 0 bridgehead atoms. The second-order valence-corrected chi connectivity index (χ2v) is 5.89. The van der Waals surface area contributed by atoms with Crippen molar-refractivity contribution in [3.63, 3.8) is 0 Å². The van der Waals surface area contributed by atoms with Crippen LogP contribution in [0.4, 0.5) is 0 Å². The predicted octanol–water partition coefficient (Wildman–Crippen LogP) is 2.67. The highest BCUT2D eigenvalue weighted by Crippen LogP contribution is 2.10. The molecule has 0 saturated heterocycles. The first-order chi connectivity index (χ1) is 8.90. The number of ether oxygens (including phenoxy) is 1. The molecule has 0 aliphatic carbocycles. The summed E-state index contributed by atoms with van der Waals surface area (Å²) in [7, 11) is 0. The maximum Gasteiger partial charge on any atom is 0.117 e. The van der Waals surface area contributed by atoms with Crippen molar-refractivity contribution in [2.75, 3.05) is 19.7 Å². The average molecular weight is 269 g/mol. The maximum atomic E-state index is 10.0. The molecule has 19 heavy (non-hydrogen) atoms. The minimum absolute atomic E-state index is 0.211. The van der Waals surface area contributed by atoms with Crippen molar-refractivity contribution in [1.82, 2.24) is 4.90 Å². The summed E-state index contributed by atoms with van der Waals surface area (Å²) < 4.78 is 11.0. The molecule has 1 heterocycles. The van der Waals surface area contributed by atoms with E-state index < -0.39 is 6.10 Å². The van der Waals surface area contributed by atoms with Crippen LogP contribution in [0.3, 0.4) is 0 Å². The third kappa shape index (κ3) is 7.35. The molecule has 110 valence electrons. The number of furan rings is 1. The first-order valence-electron chi connectivity index (χ1n) is 6.97. The maximum absolute atomic E-state index is 10.0. The van der Waals surface area contributed by atoms with Crippen LogP contribution in [0.25, 0.3) is 0 Å². The Bertz CT molecular complexity index is 330. The van der Waals surface area contributed by atoms with Crippen LogP contribution in [-0.2, 0) is 11.3 Å². The molecule has 1 aromatic rings. The van der Waals surface area contributed by atoms with Gasteiger partial charge in [-0.15, -0.1) is 0 Å². The zero-order valence-corrected chi connectivity index (χ0v) is 12.6. The van der Waals surface area contributed by atoms with Gasteiger partial charge < -0.3 is 14.3 Å². The molecule has 1 N–H and O–H groups in total. The monoisotopic (exact) mass is 269 g/mol. The highest BCUT2D eigenvalue weighted by Gasteiger charge is 2.16. The molecule has 1 aromatic heterocycles. The van der Waals surface area contributed by atoms with Crippen LogP contribution in [-0.4, -0.2) is 41.4 Å². The summed E-state index contributed by atoms with van der Waals surface area (Å²) in [6, 6.07) is 3.85. The zero-order chi connectivity index (χ0) is 14.3. The molecule has 0 aliphatic heterocycles. The van der Waals surface area contributed by atoms with Crippen molar-refractivity contribution in [2.24, 2.45) is 0 Å². The highest BCUT2D eigenvalue weighted by molar-refractivity contribution is 4.97. The van der Waals surface area contributed by atoms with E-state index in [-0.39, 0.29) is 5.60 Å². The molecule has 0 radical (unpaired) electrons. The van der Waals surface area contributed by atoms with Crippen molar-refractivity contribution in [3.05, 3.63) is 24.2 Å². The first-order valence-corrected chi connectivity index (χ1v) is 6.97. The van der Waals surface area contributed by atoms with E-state index in [1.165, 1.54) is 0 Å². The second-order valence-electron chi connectivity index (χ2n) is 5.89. The topological polar surface area (TPSA) is 45.8 Å². The van der Waals surface area contributed by atoms with E-state index in [1.807, 2.05) is 32.9 Å². The van der Waals surface area contributed by atoms with Gasteiger partial charge in [0.15, 0.2) is 0 Å². The Hall–Kier alpha value is -0.840. The van der Waals surface area contributed by atoms with E-state index in [9.17, 15) is 5.11 Å². The van der Waals surface area contributed by atoms with E-state index >= 15 is 0 Å². The lowest BCUT2D eigenvalue weighted by atomic mass is 10.2. The third-order valence-corrected chi connectivity index (χ3v) is 2.68. The average Bonchev–Trinajstić information content (AvgIpc) is 2.78.